The van der Waals surface area contributed by atoms with E-state index in [9.17, 15) is 67.1 Å². The van der Waals surface area contributed by atoms with Crippen LogP contribution in [0.3, 0.4) is 0 Å². The highest BCUT2D eigenvalue weighted by Crippen LogP contribution is 2.27. The number of amides is 1. The van der Waals surface area contributed by atoms with Gasteiger partial charge < -0.3 is 80.9 Å². The molecule has 0 aliphatic carbocycles. The predicted octanol–water partition coefficient (Wildman–Crippen LogP) is -1.04. The number of morpholine rings is 1. The molecule has 0 aromatic carbocycles. The van der Waals surface area contributed by atoms with Gasteiger partial charge in [-0.05, 0) is 76.2 Å². The molecule has 2 heterocycles. The quantitative estimate of drug-likeness (QED) is 0.0633. The molecule has 9 atom stereocenters. The minimum Gasteiger partial charge on any atom is -0.470 e. The first-order valence-corrected chi connectivity index (χ1v) is 25.9. The molecule has 33 nitrogen and oxygen atoms in total. The molecule has 0 N–H and O–H groups in total. The van der Waals surface area contributed by atoms with Gasteiger partial charge in [0.15, 0.2) is 81.4 Å². The third kappa shape index (κ3) is 26.0. The summed E-state index contributed by atoms with van der Waals surface area (Å²) in [6.45, 7) is 12.4. The molecule has 1 fully saturated rings. The molecular weight excluding hydrogens is 1140 g/mol. The lowest BCUT2D eigenvalue weighted by Crippen LogP contribution is -2.52. The van der Waals surface area contributed by atoms with E-state index in [0.717, 1.165) is 72.0 Å². The molecule has 0 saturated carbocycles. The predicted molar refractivity (Wildman–Crippen MR) is 269 cm³/mol. The van der Waals surface area contributed by atoms with E-state index < -0.39 is 184 Å². The van der Waals surface area contributed by atoms with Crippen molar-refractivity contribution >= 4 is 101 Å². The van der Waals surface area contributed by atoms with Crippen molar-refractivity contribution in [3.8, 4) is 5.88 Å². The molecule has 464 valence electrons. The van der Waals surface area contributed by atoms with E-state index in [4.69, 9.17) is 61.6 Å². The SMILES string of the molecule is CC(=O)OC(C)C(=O)OC(C)C(=O)OC(C)C(=O)OC(C)C(=O)OCC(=O)OCC(=O)O[C@H](COc1nsnc1N1CCOCC1)CN(C(=O)COC(=O)COC(=O)C(C)OC(=O)C(C)OC(=O)C(C)OC(=O)C(C)OC(C)=O)C(C)(C)C. The summed E-state index contributed by atoms with van der Waals surface area (Å²) in [5, 5.41) is 0. The van der Waals surface area contributed by atoms with Crippen molar-refractivity contribution in [2.75, 3.05) is 70.8 Å². The first-order valence-electron chi connectivity index (χ1n) is 25.2. The van der Waals surface area contributed by atoms with Crippen molar-refractivity contribution in [1.82, 2.24) is 13.6 Å². The van der Waals surface area contributed by atoms with Crippen molar-refractivity contribution in [3.63, 3.8) is 0 Å². The number of aromatic nitrogens is 2. The normalized spacial score (nSPS) is 15.3. The highest BCUT2D eigenvalue weighted by molar-refractivity contribution is 6.99. The summed E-state index contributed by atoms with van der Waals surface area (Å²) in [5.74, 6) is -15.3. The standard InChI is InChI=1S/C49H68N4O29S/c1-24(76-45(64)28(5)80-47(66)30(7)78-43(62)26(3)74-32(9)54)41(60)72-21-36(57)69-20-35(56)53(49(11,12)13)18-34(19-71-40-39(50-83-51-40)52-14-16-68-17-15-52)82-38(59)23-70-37(58)22-73-42(61)25(2)77-46(65)29(6)81-48(67)31(8)79-44(63)27(4)75-33(10)55/h24-31,34H,14-23H2,1-13H3/t24?,25?,26?,27?,28?,29?,30?,31?,34-/m0/s1. The summed E-state index contributed by atoms with van der Waals surface area (Å²) < 4.78 is 83.8. The summed E-state index contributed by atoms with van der Waals surface area (Å²) in [4.78, 5) is 176. The van der Waals surface area contributed by atoms with Gasteiger partial charge in [0.05, 0.1) is 31.5 Å². The lowest BCUT2D eigenvalue weighted by atomic mass is 10.1. The molecule has 0 spiro atoms. The molecule has 83 heavy (non-hydrogen) atoms. The van der Waals surface area contributed by atoms with Gasteiger partial charge in [-0.3, -0.25) is 14.4 Å². The number of rotatable bonds is 31. The van der Waals surface area contributed by atoms with Crippen molar-refractivity contribution in [2.45, 2.75) is 150 Å². The number of anilines is 1. The number of ether oxygens (including phenoxy) is 15. The smallest absolute Gasteiger partial charge is 0.347 e. The van der Waals surface area contributed by atoms with Crippen molar-refractivity contribution < 1.29 is 138 Å². The molecule has 1 aliphatic rings. The molecule has 34 heteroatoms. The molecule has 1 amide bonds. The fourth-order valence-electron chi connectivity index (χ4n) is 6.15. The van der Waals surface area contributed by atoms with E-state index in [1.54, 1.807) is 20.8 Å². The molecule has 1 saturated heterocycles. The van der Waals surface area contributed by atoms with Gasteiger partial charge in [0.1, 0.15) is 6.61 Å². The Labute approximate surface area is 478 Å². The maximum absolute atomic E-state index is 13.7. The minimum absolute atomic E-state index is 0.0426. The summed E-state index contributed by atoms with van der Waals surface area (Å²) in [5.41, 5.74) is -1.09. The van der Waals surface area contributed by atoms with Crippen molar-refractivity contribution in [2.24, 2.45) is 0 Å². The average Bonchev–Trinajstić information content (AvgIpc) is 4.14. The Balaban J connectivity index is 2.02. The molecular formula is C49H68N4O29S. The van der Waals surface area contributed by atoms with Crippen LogP contribution in [0.5, 0.6) is 5.88 Å². The first-order chi connectivity index (χ1) is 38.7. The van der Waals surface area contributed by atoms with E-state index in [0.29, 0.717) is 32.1 Å². The van der Waals surface area contributed by atoms with Crippen LogP contribution in [0.25, 0.3) is 0 Å². The Morgan fingerprint density at radius 3 is 1.20 bits per heavy atom. The molecule has 8 unspecified atom stereocenters. The van der Waals surface area contributed by atoms with Crippen LogP contribution >= 0.6 is 11.7 Å². The second-order valence-electron chi connectivity index (χ2n) is 18.6. The van der Waals surface area contributed by atoms with Crippen LogP contribution in [0.2, 0.25) is 0 Å². The van der Waals surface area contributed by atoms with E-state index in [1.807, 2.05) is 4.90 Å². The van der Waals surface area contributed by atoms with Crippen LogP contribution < -0.4 is 9.64 Å². The van der Waals surface area contributed by atoms with E-state index in [-0.39, 0.29) is 5.88 Å². The van der Waals surface area contributed by atoms with E-state index >= 15 is 0 Å². The van der Waals surface area contributed by atoms with Crippen LogP contribution in [0.15, 0.2) is 0 Å². The lowest BCUT2D eigenvalue weighted by molar-refractivity contribution is -0.185. The maximum Gasteiger partial charge on any atom is 0.347 e. The Hall–Kier alpha value is -8.30. The summed E-state index contributed by atoms with van der Waals surface area (Å²) in [7, 11) is 0. The van der Waals surface area contributed by atoms with Crippen LogP contribution in [0.1, 0.15) is 90.0 Å². The van der Waals surface area contributed by atoms with Gasteiger partial charge in [-0.15, -0.1) is 4.37 Å². The molecule has 0 radical (unpaired) electrons. The number of hydrogen-bond acceptors (Lipinski definition) is 33. The van der Waals surface area contributed by atoms with Gasteiger partial charge >= 0.3 is 77.6 Å². The summed E-state index contributed by atoms with van der Waals surface area (Å²) >= 11 is 0.824. The zero-order chi connectivity index (χ0) is 62.9. The highest BCUT2D eigenvalue weighted by atomic mass is 32.1. The molecule has 1 aliphatic heterocycles. The topological polar surface area (TPSA) is 410 Å². The van der Waals surface area contributed by atoms with Crippen LogP contribution in [0, 0.1) is 0 Å². The van der Waals surface area contributed by atoms with E-state index in [1.165, 1.54) is 13.8 Å². The lowest BCUT2D eigenvalue weighted by Gasteiger charge is -2.37. The first kappa shape index (κ1) is 70.8. The number of nitrogens with zero attached hydrogens (tertiary/aromatic N) is 4. The van der Waals surface area contributed by atoms with Gasteiger partial charge in [-0.1, -0.05) is 0 Å². The summed E-state index contributed by atoms with van der Waals surface area (Å²) in [6, 6.07) is 0. The van der Waals surface area contributed by atoms with Gasteiger partial charge in [0.2, 0.25) is 5.82 Å². The van der Waals surface area contributed by atoms with Crippen molar-refractivity contribution in [1.29, 1.82) is 0 Å². The van der Waals surface area contributed by atoms with Crippen LogP contribution in [-0.4, -0.2) is 224 Å². The van der Waals surface area contributed by atoms with Gasteiger partial charge in [0, 0.05) is 32.5 Å². The Morgan fingerprint density at radius 2 is 0.831 bits per heavy atom. The third-order valence-corrected chi connectivity index (χ3v) is 10.9. The molecule has 1 aromatic rings. The van der Waals surface area contributed by atoms with Gasteiger partial charge in [0.25, 0.3) is 11.8 Å². The minimum atomic E-state index is -1.68. The number of esters is 13. The number of carbonyl (C=O) groups excluding carboxylic acids is 14. The zero-order valence-corrected chi connectivity index (χ0v) is 48.6. The fourth-order valence-corrected chi connectivity index (χ4v) is 6.67. The Bertz CT molecular complexity index is 2490. The maximum atomic E-state index is 13.7. The second kappa shape index (κ2) is 34.2. The Morgan fingerprint density at radius 1 is 0.482 bits per heavy atom. The van der Waals surface area contributed by atoms with E-state index in [2.05, 4.69) is 18.2 Å². The van der Waals surface area contributed by atoms with Crippen LogP contribution in [0.4, 0.5) is 5.82 Å². The summed E-state index contributed by atoms with van der Waals surface area (Å²) in [6.07, 6.45) is -13.8. The largest absolute Gasteiger partial charge is 0.470 e. The van der Waals surface area contributed by atoms with Crippen molar-refractivity contribution in [3.05, 3.63) is 0 Å². The monoisotopic (exact) mass is 1210 g/mol. The third-order valence-electron chi connectivity index (χ3n) is 10.4. The molecule has 0 bridgehead atoms. The van der Waals surface area contributed by atoms with Crippen LogP contribution in [-0.2, 0) is 133 Å². The molecule has 2 rings (SSSR count). The molecule has 1 aromatic heterocycles. The average molecular weight is 1210 g/mol. The number of hydrogen-bond donors (Lipinski definition) is 0. The second-order valence-corrected chi connectivity index (χ2v) is 19.1. The Kier molecular flexibility index (Phi) is 29.2. The van der Waals surface area contributed by atoms with Gasteiger partial charge in [-0.25, -0.2) is 52.7 Å². The number of carbonyl (C=O) groups is 14. The van der Waals surface area contributed by atoms with Gasteiger partial charge in [-0.2, -0.15) is 4.37 Å². The zero-order valence-electron chi connectivity index (χ0n) is 47.8. The fraction of sp³-hybridized carbons (Fsp3) is 0.673. The highest BCUT2D eigenvalue weighted by Gasteiger charge is 2.35.